The number of nitrogens with zero attached hydrogens (tertiary/aromatic N) is 1. The van der Waals surface area contributed by atoms with Gasteiger partial charge in [0.05, 0.1) is 0 Å². The van der Waals surface area contributed by atoms with Gasteiger partial charge in [-0.1, -0.05) is 36.4 Å². The van der Waals surface area contributed by atoms with Crippen LogP contribution in [0.1, 0.15) is 44.4 Å². The minimum Gasteiger partial charge on any atom is -0.484 e. The molecule has 0 radical (unpaired) electrons. The normalized spacial score (nSPS) is 12.2. The second-order valence-corrected chi connectivity index (χ2v) is 8.77. The molecule has 0 heterocycles. The van der Waals surface area contributed by atoms with Crippen molar-refractivity contribution < 1.29 is 14.3 Å². The van der Waals surface area contributed by atoms with Crippen molar-refractivity contribution in [2.75, 3.05) is 13.2 Å². The van der Waals surface area contributed by atoms with Crippen molar-refractivity contribution in [2.24, 2.45) is 0 Å². The van der Waals surface area contributed by atoms with E-state index in [-0.39, 0.29) is 24.0 Å². The molecule has 1 atom stereocenters. The summed E-state index contributed by atoms with van der Waals surface area (Å²) in [6, 6.07) is 15.1. The molecule has 0 aromatic heterocycles. The first-order valence-electron chi connectivity index (χ1n) is 10.4. The predicted octanol–water partition coefficient (Wildman–Crippen LogP) is 4.06. The van der Waals surface area contributed by atoms with Gasteiger partial charge in [-0.2, -0.15) is 0 Å². The highest BCUT2D eigenvalue weighted by Gasteiger charge is 2.28. The zero-order valence-electron chi connectivity index (χ0n) is 19.0. The van der Waals surface area contributed by atoms with Crippen molar-refractivity contribution in [1.29, 1.82) is 0 Å². The van der Waals surface area contributed by atoms with Gasteiger partial charge in [0.25, 0.3) is 5.91 Å². The van der Waals surface area contributed by atoms with Crippen molar-refractivity contribution in [2.45, 2.75) is 59.5 Å². The molecular weight excluding hydrogens is 376 g/mol. The highest BCUT2D eigenvalue weighted by molar-refractivity contribution is 5.88. The van der Waals surface area contributed by atoms with Crippen molar-refractivity contribution in [3.05, 3.63) is 65.2 Å². The summed E-state index contributed by atoms with van der Waals surface area (Å²) < 4.78 is 5.74. The molecule has 0 saturated heterocycles. The molecule has 0 fully saturated rings. The summed E-state index contributed by atoms with van der Waals surface area (Å²) in [5, 5.41) is 2.97. The summed E-state index contributed by atoms with van der Waals surface area (Å²) in [6.45, 7) is 11.9. The van der Waals surface area contributed by atoms with E-state index in [1.54, 1.807) is 11.8 Å². The Morgan fingerprint density at radius 2 is 1.70 bits per heavy atom. The van der Waals surface area contributed by atoms with Crippen molar-refractivity contribution >= 4 is 11.8 Å². The van der Waals surface area contributed by atoms with E-state index >= 15 is 0 Å². The zero-order valence-corrected chi connectivity index (χ0v) is 19.0. The number of nitrogens with one attached hydrogen (secondary N) is 1. The van der Waals surface area contributed by atoms with Crippen molar-refractivity contribution in [1.82, 2.24) is 10.2 Å². The number of hydrogen-bond donors (Lipinski definition) is 1. The van der Waals surface area contributed by atoms with E-state index in [1.807, 2.05) is 83.1 Å². The Labute approximate surface area is 180 Å². The summed E-state index contributed by atoms with van der Waals surface area (Å²) in [5.74, 6) is 0.275. The van der Waals surface area contributed by atoms with Crippen molar-refractivity contribution in [3.8, 4) is 5.75 Å². The van der Waals surface area contributed by atoms with Crippen LogP contribution in [0.25, 0.3) is 0 Å². The zero-order chi connectivity index (χ0) is 22.3. The van der Waals surface area contributed by atoms with Gasteiger partial charge < -0.3 is 15.0 Å². The monoisotopic (exact) mass is 410 g/mol. The number of carbonyl (C=O) groups excluding carboxylic acids is 2. The average molecular weight is 411 g/mol. The lowest BCUT2D eigenvalue weighted by Crippen LogP contribution is -2.53. The quantitative estimate of drug-likeness (QED) is 0.714. The molecule has 0 unspecified atom stereocenters. The molecular formula is C25H34N2O3. The standard InChI is InChI=1S/C25H34N2O3/c1-18-12-13-22(16-19(18)2)30-17-23(28)27(15-14-21-10-8-7-9-11-21)20(3)24(29)26-25(4,5)6/h7-13,16,20H,14-15,17H2,1-6H3,(H,26,29)/t20-/m1/s1. The highest BCUT2D eigenvalue weighted by Crippen LogP contribution is 2.17. The van der Waals surface area contributed by atoms with Gasteiger partial charge in [-0.15, -0.1) is 0 Å². The molecule has 0 aliphatic carbocycles. The van der Waals surface area contributed by atoms with Gasteiger partial charge in [0, 0.05) is 12.1 Å². The van der Waals surface area contributed by atoms with Gasteiger partial charge in [-0.25, -0.2) is 0 Å². The molecule has 2 amide bonds. The molecule has 2 aromatic carbocycles. The Bertz CT molecular complexity index is 856. The Balaban J connectivity index is 2.10. The Morgan fingerprint density at radius 3 is 2.30 bits per heavy atom. The van der Waals surface area contributed by atoms with E-state index < -0.39 is 6.04 Å². The molecule has 30 heavy (non-hydrogen) atoms. The van der Waals surface area contributed by atoms with Gasteiger partial charge >= 0.3 is 0 Å². The van der Waals surface area contributed by atoms with Gasteiger partial charge in [0.2, 0.25) is 5.91 Å². The number of rotatable bonds is 8. The van der Waals surface area contributed by atoms with Gasteiger partial charge in [-0.05, 0) is 76.8 Å². The predicted molar refractivity (Wildman–Crippen MR) is 121 cm³/mol. The first kappa shape index (κ1) is 23.5. The van der Waals surface area contributed by atoms with Gasteiger partial charge in [0.15, 0.2) is 6.61 Å². The van der Waals surface area contributed by atoms with Crippen LogP contribution < -0.4 is 10.1 Å². The van der Waals surface area contributed by atoms with E-state index in [0.29, 0.717) is 18.7 Å². The van der Waals surface area contributed by atoms with Crippen LogP contribution in [0.4, 0.5) is 0 Å². The second-order valence-electron chi connectivity index (χ2n) is 8.77. The maximum Gasteiger partial charge on any atom is 0.261 e. The lowest BCUT2D eigenvalue weighted by atomic mass is 10.1. The van der Waals surface area contributed by atoms with E-state index in [0.717, 1.165) is 11.1 Å². The summed E-state index contributed by atoms with van der Waals surface area (Å²) in [7, 11) is 0. The van der Waals surface area contributed by atoms with Crippen LogP contribution in [0, 0.1) is 13.8 Å². The van der Waals surface area contributed by atoms with E-state index in [4.69, 9.17) is 4.74 Å². The largest absolute Gasteiger partial charge is 0.484 e. The minimum absolute atomic E-state index is 0.107. The lowest BCUT2D eigenvalue weighted by molar-refractivity contribution is -0.142. The third kappa shape index (κ3) is 7.21. The molecule has 0 aliphatic rings. The number of amides is 2. The summed E-state index contributed by atoms with van der Waals surface area (Å²) >= 11 is 0. The van der Waals surface area contributed by atoms with Crippen LogP contribution in [0.3, 0.4) is 0 Å². The number of benzene rings is 2. The van der Waals surface area contributed by atoms with Crippen LogP contribution >= 0.6 is 0 Å². The number of carbonyl (C=O) groups is 2. The first-order chi connectivity index (χ1) is 14.1. The number of aryl methyl sites for hydroxylation is 2. The molecule has 1 N–H and O–H groups in total. The topological polar surface area (TPSA) is 58.6 Å². The molecule has 2 aromatic rings. The fourth-order valence-electron chi connectivity index (χ4n) is 3.08. The Hall–Kier alpha value is -2.82. The van der Waals surface area contributed by atoms with Crippen LogP contribution in [-0.4, -0.2) is 41.4 Å². The third-order valence-corrected chi connectivity index (χ3v) is 4.99. The van der Waals surface area contributed by atoms with E-state index in [2.05, 4.69) is 5.32 Å². The maximum atomic E-state index is 13.0. The Kier molecular flexibility index (Phi) is 8.04. The molecule has 0 spiro atoms. The first-order valence-corrected chi connectivity index (χ1v) is 10.4. The molecule has 0 aliphatic heterocycles. The molecule has 5 heteroatoms. The van der Waals surface area contributed by atoms with Gasteiger partial charge in [-0.3, -0.25) is 9.59 Å². The average Bonchev–Trinajstić information content (AvgIpc) is 2.68. The highest BCUT2D eigenvalue weighted by atomic mass is 16.5. The number of hydrogen-bond acceptors (Lipinski definition) is 3. The summed E-state index contributed by atoms with van der Waals surface area (Å²) in [4.78, 5) is 27.4. The second kappa shape index (κ2) is 10.3. The summed E-state index contributed by atoms with van der Waals surface area (Å²) in [5.41, 5.74) is 3.04. The fraction of sp³-hybridized carbons (Fsp3) is 0.440. The van der Waals surface area contributed by atoms with Crippen LogP contribution in [0.5, 0.6) is 5.75 Å². The molecule has 0 saturated carbocycles. The molecule has 5 nitrogen and oxygen atoms in total. The number of ether oxygens (including phenoxy) is 1. The molecule has 0 bridgehead atoms. The fourth-order valence-corrected chi connectivity index (χ4v) is 3.08. The smallest absolute Gasteiger partial charge is 0.261 e. The molecule has 162 valence electrons. The third-order valence-electron chi connectivity index (χ3n) is 4.99. The minimum atomic E-state index is -0.594. The van der Waals surface area contributed by atoms with Crippen LogP contribution in [0.15, 0.2) is 48.5 Å². The van der Waals surface area contributed by atoms with Crippen LogP contribution in [-0.2, 0) is 16.0 Å². The van der Waals surface area contributed by atoms with Crippen LogP contribution in [0.2, 0.25) is 0 Å². The van der Waals surface area contributed by atoms with E-state index in [9.17, 15) is 9.59 Å². The van der Waals surface area contributed by atoms with Gasteiger partial charge in [0.1, 0.15) is 11.8 Å². The maximum absolute atomic E-state index is 13.0. The molecule has 2 rings (SSSR count). The summed E-state index contributed by atoms with van der Waals surface area (Å²) in [6.07, 6.45) is 0.670. The Morgan fingerprint density at radius 1 is 1.03 bits per heavy atom. The van der Waals surface area contributed by atoms with Crippen molar-refractivity contribution in [3.63, 3.8) is 0 Å². The van der Waals surface area contributed by atoms with E-state index in [1.165, 1.54) is 5.56 Å². The SMILES string of the molecule is Cc1ccc(OCC(=O)N(CCc2ccccc2)[C@H](C)C(=O)NC(C)(C)C)cc1C. The lowest BCUT2D eigenvalue weighted by Gasteiger charge is -2.31.